The van der Waals surface area contributed by atoms with Gasteiger partial charge in [-0.25, -0.2) is 12.2 Å². The van der Waals surface area contributed by atoms with Gasteiger partial charge in [-0.2, -0.15) is 6.08 Å². The molecule has 138 valence electrons. The fourth-order valence-corrected chi connectivity index (χ4v) is 4.13. The van der Waals surface area contributed by atoms with E-state index in [1.165, 1.54) is 49.3 Å². The molecule has 0 spiro atoms. The Bertz CT molecular complexity index is 1130. The molecule has 29 heavy (non-hydrogen) atoms. The number of allylic oxidation sites excluding steroid dienone is 4. The molecule has 4 aromatic rings. The van der Waals surface area contributed by atoms with E-state index in [1.807, 2.05) is 18.2 Å². The van der Waals surface area contributed by atoms with Crippen LogP contribution >= 0.6 is 0 Å². The summed E-state index contributed by atoms with van der Waals surface area (Å²) in [6.07, 6.45) is 10.0. The predicted molar refractivity (Wildman–Crippen MR) is 123 cm³/mol. The van der Waals surface area contributed by atoms with Crippen molar-refractivity contribution in [2.45, 2.75) is 27.2 Å². The van der Waals surface area contributed by atoms with Gasteiger partial charge in [0.25, 0.3) is 0 Å². The van der Waals surface area contributed by atoms with Gasteiger partial charge in [0.1, 0.15) is 0 Å². The van der Waals surface area contributed by atoms with Gasteiger partial charge in [-0.05, 0) is 0 Å². The maximum atomic E-state index is 3.26. The number of hydrogen-bond donors (Lipinski definition) is 0. The van der Waals surface area contributed by atoms with E-state index >= 15 is 0 Å². The second-order valence-corrected chi connectivity index (χ2v) is 7.40. The second-order valence-electron chi connectivity index (χ2n) is 7.40. The van der Waals surface area contributed by atoms with Gasteiger partial charge in [0.2, 0.25) is 0 Å². The van der Waals surface area contributed by atoms with Gasteiger partial charge in [-0.15, -0.1) is 6.42 Å². The van der Waals surface area contributed by atoms with Crippen LogP contribution in [0.25, 0.3) is 32.6 Å². The number of rotatable bonds is 1. The Morgan fingerprint density at radius 3 is 2.28 bits per heavy atom. The summed E-state index contributed by atoms with van der Waals surface area (Å²) in [6, 6.07) is 19.7. The van der Waals surface area contributed by atoms with Gasteiger partial charge in [-0.1, -0.05) is 0 Å². The van der Waals surface area contributed by atoms with Crippen molar-refractivity contribution in [3.63, 3.8) is 0 Å². The fraction of sp³-hybridized carbons (Fsp3) is 0.148. The monoisotopic (exact) mass is 448 g/mol. The summed E-state index contributed by atoms with van der Waals surface area (Å²) in [4.78, 5) is 0. The van der Waals surface area contributed by atoms with Crippen LogP contribution in [0.1, 0.15) is 23.1 Å². The predicted octanol–water partition coefficient (Wildman–Crippen LogP) is 7.03. The third kappa shape index (κ3) is 4.59. The van der Waals surface area contributed by atoms with Crippen LogP contribution in [0.3, 0.4) is 0 Å². The van der Waals surface area contributed by atoms with E-state index in [2.05, 4.69) is 94.3 Å². The Balaban J connectivity index is 0.000000352. The van der Waals surface area contributed by atoms with E-state index in [-0.39, 0.29) is 26.2 Å². The summed E-state index contributed by atoms with van der Waals surface area (Å²) >= 11 is 0. The molecule has 0 saturated carbocycles. The molecule has 0 saturated heterocycles. The summed E-state index contributed by atoms with van der Waals surface area (Å²) in [5.74, 6) is 3.26. The first-order chi connectivity index (χ1) is 13.6. The Hall–Kier alpha value is -2.04. The maximum Gasteiger partial charge on any atom is 2.00 e. The molecule has 3 aromatic carbocycles. The fourth-order valence-electron chi connectivity index (χ4n) is 4.13. The first kappa shape index (κ1) is 21.7. The van der Waals surface area contributed by atoms with Gasteiger partial charge in [-0.3, -0.25) is 6.08 Å². The standard InChI is InChI=1S/C22H18B.C5H5.Zr/c1-14-11-15(2)20(16(3)12-14)21-19-9-5-4-7-17(19)13-18-8-6-10-23-22(18)21;1-2-4-5-3-1;/h4-9,11-13H,1-3H3;1-3H,4H2;/q2*-1;+2. The van der Waals surface area contributed by atoms with Crippen LogP contribution in [-0.2, 0) is 26.2 Å². The molecule has 0 atom stereocenters. The summed E-state index contributed by atoms with van der Waals surface area (Å²) in [5, 5.41) is 5.16. The Morgan fingerprint density at radius 1 is 0.862 bits per heavy atom. The van der Waals surface area contributed by atoms with Crippen LogP contribution in [0, 0.1) is 32.8 Å². The molecule has 2 heteroatoms. The maximum absolute atomic E-state index is 3.26. The Morgan fingerprint density at radius 2 is 1.62 bits per heavy atom. The van der Waals surface area contributed by atoms with E-state index in [1.54, 1.807) is 0 Å². The first-order valence-corrected chi connectivity index (χ1v) is 9.76. The molecule has 0 aliphatic heterocycles. The summed E-state index contributed by atoms with van der Waals surface area (Å²) in [7, 11) is 0. The van der Waals surface area contributed by atoms with Crippen LogP contribution < -0.4 is 0 Å². The van der Waals surface area contributed by atoms with Crippen LogP contribution in [0.15, 0.2) is 72.8 Å². The number of hydrogen-bond acceptors (Lipinski definition) is 0. The molecular formula is C27H23BZr. The molecule has 1 aliphatic rings. The van der Waals surface area contributed by atoms with E-state index in [0.717, 1.165) is 6.42 Å². The molecular weight excluding hydrogens is 426 g/mol. The number of aryl methyl sites for hydroxylation is 3. The molecule has 0 bridgehead atoms. The zero-order chi connectivity index (χ0) is 19.5. The minimum absolute atomic E-state index is 0. The van der Waals surface area contributed by atoms with Gasteiger partial charge in [0, 0.05) is 0 Å². The van der Waals surface area contributed by atoms with Crippen molar-refractivity contribution in [2.24, 2.45) is 0 Å². The quantitative estimate of drug-likeness (QED) is 0.216. The van der Waals surface area contributed by atoms with Crippen LogP contribution in [0.5, 0.6) is 0 Å². The topological polar surface area (TPSA) is 0 Å². The molecule has 1 aromatic heterocycles. The zero-order valence-corrected chi connectivity index (χ0v) is 19.7. The minimum atomic E-state index is 0. The number of benzene rings is 3. The van der Waals surface area contributed by atoms with Crippen molar-refractivity contribution in [3.05, 3.63) is 102 Å². The van der Waals surface area contributed by atoms with Crippen LogP contribution in [0.2, 0.25) is 0 Å². The molecule has 0 fully saturated rings. The van der Waals surface area contributed by atoms with Crippen molar-refractivity contribution in [1.29, 1.82) is 0 Å². The van der Waals surface area contributed by atoms with Crippen molar-refractivity contribution in [3.8, 4) is 11.1 Å². The second kappa shape index (κ2) is 9.64. The SMILES string of the molecule is Cc1cc(C)c(-c2c3b[c-]ccc3cc3ccccc23)c(C)c1.[C-]1=CC=CC1.[Zr+2]. The molecule has 1 aliphatic carbocycles. The molecule has 0 N–H and O–H groups in total. The average Bonchev–Trinajstić information content (AvgIpc) is 3.27. The van der Waals surface area contributed by atoms with Gasteiger partial charge >= 0.3 is 164 Å². The third-order valence-corrected chi connectivity index (χ3v) is 5.22. The smallest absolute Gasteiger partial charge is 0.273 e. The van der Waals surface area contributed by atoms with Crippen molar-refractivity contribution < 1.29 is 26.2 Å². The van der Waals surface area contributed by atoms with Crippen molar-refractivity contribution in [2.75, 3.05) is 0 Å². The molecule has 1 heterocycles. The van der Waals surface area contributed by atoms with Gasteiger partial charge < -0.3 is 0 Å². The molecule has 5 rings (SSSR count). The molecule has 0 amide bonds. The van der Waals surface area contributed by atoms with E-state index in [0.29, 0.717) is 0 Å². The largest absolute Gasteiger partial charge is 2.00 e. The summed E-state index contributed by atoms with van der Waals surface area (Å²) in [6.45, 7) is 8.72. The summed E-state index contributed by atoms with van der Waals surface area (Å²) in [5.41, 5.74) is 6.69. The summed E-state index contributed by atoms with van der Waals surface area (Å²) < 4.78 is 0. The average molecular weight is 450 g/mol. The zero-order valence-electron chi connectivity index (χ0n) is 17.2. The normalized spacial score (nSPS) is 11.8. The van der Waals surface area contributed by atoms with Gasteiger partial charge in [0.05, 0.1) is 0 Å². The van der Waals surface area contributed by atoms with Crippen molar-refractivity contribution >= 4 is 28.4 Å². The van der Waals surface area contributed by atoms with E-state index in [4.69, 9.17) is 0 Å². The van der Waals surface area contributed by atoms with E-state index < -0.39 is 0 Å². The number of fused-ring (bicyclic) bond motifs is 2. The van der Waals surface area contributed by atoms with Crippen LogP contribution in [0.4, 0.5) is 0 Å². The molecule has 0 radical (unpaired) electrons. The van der Waals surface area contributed by atoms with E-state index in [9.17, 15) is 0 Å². The third-order valence-electron chi connectivity index (χ3n) is 5.22. The Labute approximate surface area is 193 Å². The minimum Gasteiger partial charge on any atom is -0.273 e. The van der Waals surface area contributed by atoms with Crippen LogP contribution in [-0.4, -0.2) is 6.91 Å². The Kier molecular flexibility index (Phi) is 7.20. The molecule has 0 unspecified atom stereocenters. The van der Waals surface area contributed by atoms with Crippen molar-refractivity contribution in [1.82, 2.24) is 0 Å². The molecule has 0 nitrogen and oxygen atoms in total. The first-order valence-electron chi connectivity index (χ1n) is 9.76. The van der Waals surface area contributed by atoms with Gasteiger partial charge in [0.15, 0.2) is 0 Å².